The summed E-state index contributed by atoms with van der Waals surface area (Å²) in [4.78, 5) is 12.1. The van der Waals surface area contributed by atoms with E-state index in [1.807, 2.05) is 42.5 Å². The number of hydrogen-bond donors (Lipinski definition) is 2. The first-order valence-corrected chi connectivity index (χ1v) is 10.1. The van der Waals surface area contributed by atoms with Crippen LogP contribution in [0.1, 0.15) is 12.0 Å². The maximum atomic E-state index is 12.1. The Morgan fingerprint density at radius 1 is 0.897 bits per heavy atom. The lowest BCUT2D eigenvalue weighted by Crippen LogP contribution is -2.21. The minimum absolute atomic E-state index is 0.111. The molecule has 0 unspecified atom stereocenters. The second kappa shape index (κ2) is 10.7. The van der Waals surface area contributed by atoms with Gasteiger partial charge in [-0.15, -0.1) is 0 Å². The molecule has 0 aliphatic rings. The third-order valence-electron chi connectivity index (χ3n) is 4.25. The largest absolute Gasteiger partial charge is 0.494 e. The average molecular weight is 429 g/mol. The van der Waals surface area contributed by atoms with E-state index in [0.29, 0.717) is 22.3 Å². The number of hydrogen-bond acceptors (Lipinski definition) is 3. The number of anilines is 2. The zero-order valence-corrected chi connectivity index (χ0v) is 17.3. The normalized spacial score (nSPS) is 10.4. The summed E-state index contributed by atoms with van der Waals surface area (Å²) >= 11 is 12.0. The van der Waals surface area contributed by atoms with Crippen molar-refractivity contribution in [2.75, 3.05) is 23.8 Å². The maximum absolute atomic E-state index is 12.1. The van der Waals surface area contributed by atoms with Gasteiger partial charge in [0.1, 0.15) is 5.75 Å². The summed E-state index contributed by atoms with van der Waals surface area (Å²) in [6.07, 6.45) is 1.95. The standard InChI is InChI=1S/C23H22Cl2N2O2/c24-20-9-4-10-21(23(20)25)27-22(28)16-26-18-11-13-19(14-12-18)29-15-5-8-17-6-2-1-3-7-17/h1-4,6-7,9-14,26H,5,8,15-16H2,(H,27,28). The minimum Gasteiger partial charge on any atom is -0.494 e. The molecule has 0 saturated heterocycles. The molecule has 0 radical (unpaired) electrons. The first-order chi connectivity index (χ1) is 14.1. The van der Waals surface area contributed by atoms with Gasteiger partial charge in [0.2, 0.25) is 5.91 Å². The Morgan fingerprint density at radius 3 is 2.41 bits per heavy atom. The molecule has 0 aliphatic heterocycles. The molecular formula is C23H22Cl2N2O2. The first-order valence-electron chi connectivity index (χ1n) is 9.36. The van der Waals surface area contributed by atoms with E-state index < -0.39 is 0 Å². The van der Waals surface area contributed by atoms with Gasteiger partial charge in [-0.1, -0.05) is 59.6 Å². The number of nitrogens with one attached hydrogen (secondary N) is 2. The summed E-state index contributed by atoms with van der Waals surface area (Å²) in [6.45, 7) is 0.768. The SMILES string of the molecule is O=C(CNc1ccc(OCCCc2ccccc2)cc1)Nc1cccc(Cl)c1Cl. The highest BCUT2D eigenvalue weighted by molar-refractivity contribution is 6.44. The molecule has 0 atom stereocenters. The smallest absolute Gasteiger partial charge is 0.243 e. The van der Waals surface area contributed by atoms with E-state index in [0.717, 1.165) is 24.3 Å². The van der Waals surface area contributed by atoms with Crippen molar-refractivity contribution in [2.24, 2.45) is 0 Å². The molecule has 0 fully saturated rings. The number of halogens is 2. The number of amides is 1. The predicted octanol–water partition coefficient (Wildman–Crippen LogP) is 6.06. The predicted molar refractivity (Wildman–Crippen MR) is 120 cm³/mol. The molecule has 4 nitrogen and oxygen atoms in total. The molecule has 0 heterocycles. The third kappa shape index (κ3) is 6.70. The minimum atomic E-state index is -0.213. The van der Waals surface area contributed by atoms with E-state index in [9.17, 15) is 4.79 Å². The lowest BCUT2D eigenvalue weighted by Gasteiger charge is -2.11. The summed E-state index contributed by atoms with van der Waals surface area (Å²) in [5, 5.41) is 6.54. The van der Waals surface area contributed by atoms with Gasteiger partial charge in [0.25, 0.3) is 0 Å². The molecule has 3 rings (SSSR count). The van der Waals surface area contributed by atoms with Crippen molar-refractivity contribution in [3.05, 3.63) is 88.4 Å². The monoisotopic (exact) mass is 428 g/mol. The van der Waals surface area contributed by atoms with Crippen LogP contribution in [-0.2, 0) is 11.2 Å². The maximum Gasteiger partial charge on any atom is 0.243 e. The second-order valence-electron chi connectivity index (χ2n) is 6.47. The van der Waals surface area contributed by atoms with Crippen LogP contribution >= 0.6 is 23.2 Å². The fourth-order valence-electron chi connectivity index (χ4n) is 2.76. The number of benzene rings is 3. The van der Waals surface area contributed by atoms with Crippen LogP contribution in [0, 0.1) is 0 Å². The van der Waals surface area contributed by atoms with Gasteiger partial charge in [0, 0.05) is 5.69 Å². The first kappa shape index (κ1) is 21.0. The van der Waals surface area contributed by atoms with Crippen LogP contribution in [0.2, 0.25) is 10.0 Å². The number of rotatable bonds is 9. The molecule has 3 aromatic carbocycles. The highest BCUT2D eigenvalue weighted by Crippen LogP contribution is 2.29. The Morgan fingerprint density at radius 2 is 1.66 bits per heavy atom. The van der Waals surface area contributed by atoms with Crippen molar-refractivity contribution in [1.29, 1.82) is 0 Å². The third-order valence-corrected chi connectivity index (χ3v) is 5.07. The molecule has 29 heavy (non-hydrogen) atoms. The number of ether oxygens (including phenoxy) is 1. The van der Waals surface area contributed by atoms with Crippen LogP contribution in [-0.4, -0.2) is 19.1 Å². The summed E-state index contributed by atoms with van der Waals surface area (Å²) in [7, 11) is 0. The molecule has 6 heteroatoms. The Bertz CT molecular complexity index is 931. The fourth-order valence-corrected chi connectivity index (χ4v) is 3.10. The van der Waals surface area contributed by atoms with Gasteiger partial charge in [0.15, 0.2) is 0 Å². The molecule has 0 saturated carbocycles. The molecule has 0 aliphatic carbocycles. The van der Waals surface area contributed by atoms with Crippen molar-refractivity contribution >= 4 is 40.5 Å². The lowest BCUT2D eigenvalue weighted by atomic mass is 10.1. The quantitative estimate of drug-likeness (QED) is 0.407. The van der Waals surface area contributed by atoms with Gasteiger partial charge in [-0.3, -0.25) is 4.79 Å². The van der Waals surface area contributed by atoms with Crippen LogP contribution in [0.15, 0.2) is 72.8 Å². The van der Waals surface area contributed by atoms with E-state index in [4.69, 9.17) is 27.9 Å². The Kier molecular flexibility index (Phi) is 7.79. The van der Waals surface area contributed by atoms with Crippen molar-refractivity contribution in [2.45, 2.75) is 12.8 Å². The van der Waals surface area contributed by atoms with Gasteiger partial charge in [0.05, 0.1) is 28.9 Å². The Balaban J connectivity index is 1.39. The number of carbonyl (C=O) groups is 1. The molecule has 150 valence electrons. The van der Waals surface area contributed by atoms with Crippen LogP contribution in [0.5, 0.6) is 5.75 Å². The number of aryl methyl sites for hydroxylation is 1. The van der Waals surface area contributed by atoms with Gasteiger partial charge < -0.3 is 15.4 Å². The van der Waals surface area contributed by atoms with E-state index in [1.54, 1.807) is 18.2 Å². The summed E-state index contributed by atoms with van der Waals surface area (Å²) < 4.78 is 5.78. The summed E-state index contributed by atoms with van der Waals surface area (Å²) in [6, 6.07) is 23.0. The van der Waals surface area contributed by atoms with Crippen LogP contribution < -0.4 is 15.4 Å². The van der Waals surface area contributed by atoms with Gasteiger partial charge in [-0.25, -0.2) is 0 Å². The topological polar surface area (TPSA) is 50.4 Å². The molecule has 1 amide bonds. The van der Waals surface area contributed by atoms with Crippen LogP contribution in [0.4, 0.5) is 11.4 Å². The Labute approximate surface area is 180 Å². The zero-order chi connectivity index (χ0) is 20.5. The van der Waals surface area contributed by atoms with Crippen molar-refractivity contribution in [3.8, 4) is 5.75 Å². The molecule has 0 spiro atoms. The number of carbonyl (C=O) groups excluding carboxylic acids is 1. The molecule has 0 aromatic heterocycles. The molecular weight excluding hydrogens is 407 g/mol. The van der Waals surface area contributed by atoms with Crippen LogP contribution in [0.3, 0.4) is 0 Å². The summed E-state index contributed by atoms with van der Waals surface area (Å²) in [5.74, 6) is 0.592. The summed E-state index contributed by atoms with van der Waals surface area (Å²) in [5.41, 5.74) is 2.63. The van der Waals surface area contributed by atoms with E-state index in [-0.39, 0.29) is 12.5 Å². The van der Waals surface area contributed by atoms with Gasteiger partial charge in [-0.2, -0.15) is 0 Å². The van der Waals surface area contributed by atoms with Gasteiger partial charge >= 0.3 is 0 Å². The highest BCUT2D eigenvalue weighted by Gasteiger charge is 2.08. The molecule has 0 bridgehead atoms. The van der Waals surface area contributed by atoms with E-state index >= 15 is 0 Å². The fraction of sp³-hybridized carbons (Fsp3) is 0.174. The second-order valence-corrected chi connectivity index (χ2v) is 7.25. The zero-order valence-electron chi connectivity index (χ0n) is 15.8. The van der Waals surface area contributed by atoms with Gasteiger partial charge in [-0.05, 0) is 54.8 Å². The molecule has 3 aromatic rings. The van der Waals surface area contributed by atoms with E-state index in [2.05, 4.69) is 22.8 Å². The average Bonchev–Trinajstić information content (AvgIpc) is 2.75. The van der Waals surface area contributed by atoms with Crippen molar-refractivity contribution in [3.63, 3.8) is 0 Å². The van der Waals surface area contributed by atoms with Crippen LogP contribution in [0.25, 0.3) is 0 Å². The Hall–Kier alpha value is -2.69. The lowest BCUT2D eigenvalue weighted by molar-refractivity contribution is -0.114. The van der Waals surface area contributed by atoms with Crippen molar-refractivity contribution < 1.29 is 9.53 Å². The van der Waals surface area contributed by atoms with Crippen molar-refractivity contribution in [1.82, 2.24) is 0 Å². The van der Waals surface area contributed by atoms with E-state index in [1.165, 1.54) is 5.56 Å². The highest BCUT2D eigenvalue weighted by atomic mass is 35.5. The molecule has 2 N–H and O–H groups in total.